The van der Waals surface area contributed by atoms with Crippen molar-refractivity contribution >= 4 is 11.3 Å². The summed E-state index contributed by atoms with van der Waals surface area (Å²) in [6.07, 6.45) is 6.38. The van der Waals surface area contributed by atoms with E-state index in [9.17, 15) is 4.79 Å². The highest BCUT2D eigenvalue weighted by molar-refractivity contribution is 7.09. The first kappa shape index (κ1) is 15.9. The Morgan fingerprint density at radius 2 is 2.00 bits per heavy atom. The van der Waals surface area contributed by atoms with Gasteiger partial charge in [0, 0.05) is 72.3 Å². The van der Waals surface area contributed by atoms with E-state index in [0.717, 1.165) is 43.7 Å². The normalized spacial score (nSPS) is 22.2. The SMILES string of the molecule is O=c1ccc(-c2cncnc2)c2n1C[C@H]1C[C@@H]2CN(Cc2cccs2)C1. The average Bonchev–Trinajstić information content (AvgIpc) is 3.16. The Kier molecular flexibility index (Phi) is 3.94. The van der Waals surface area contributed by atoms with Gasteiger partial charge in [0.1, 0.15) is 6.33 Å². The Bertz CT molecular complexity index is 967. The molecular formula is C20H20N4OS. The van der Waals surface area contributed by atoms with Crippen molar-refractivity contribution in [1.29, 1.82) is 0 Å². The first-order chi connectivity index (χ1) is 12.8. The quantitative estimate of drug-likeness (QED) is 0.717. The van der Waals surface area contributed by atoms with Gasteiger partial charge in [-0.25, -0.2) is 9.97 Å². The van der Waals surface area contributed by atoms with E-state index < -0.39 is 0 Å². The van der Waals surface area contributed by atoms with Crippen molar-refractivity contribution < 1.29 is 0 Å². The molecule has 5 heterocycles. The molecule has 0 aromatic carbocycles. The molecule has 0 amide bonds. The molecule has 0 saturated carbocycles. The van der Waals surface area contributed by atoms with Crippen molar-refractivity contribution in [2.45, 2.75) is 25.4 Å². The van der Waals surface area contributed by atoms with E-state index in [1.54, 1.807) is 12.4 Å². The van der Waals surface area contributed by atoms with Crippen LogP contribution < -0.4 is 5.56 Å². The average molecular weight is 364 g/mol. The van der Waals surface area contributed by atoms with E-state index >= 15 is 0 Å². The lowest BCUT2D eigenvalue weighted by Crippen LogP contribution is -2.46. The fourth-order valence-electron chi connectivity index (χ4n) is 4.55. The molecule has 0 radical (unpaired) electrons. The Balaban J connectivity index is 1.54. The minimum absolute atomic E-state index is 0.113. The van der Waals surface area contributed by atoms with Gasteiger partial charge >= 0.3 is 0 Å². The Morgan fingerprint density at radius 3 is 2.81 bits per heavy atom. The summed E-state index contributed by atoms with van der Waals surface area (Å²) in [5, 5.41) is 2.14. The molecule has 0 N–H and O–H groups in total. The molecule has 0 unspecified atom stereocenters. The maximum atomic E-state index is 12.5. The van der Waals surface area contributed by atoms with Crippen LogP contribution >= 0.6 is 11.3 Å². The third kappa shape index (κ3) is 2.79. The second kappa shape index (κ2) is 6.45. The molecule has 6 heteroatoms. The lowest BCUT2D eigenvalue weighted by atomic mass is 9.80. The van der Waals surface area contributed by atoms with Crippen LogP contribution in [-0.2, 0) is 13.1 Å². The zero-order chi connectivity index (χ0) is 17.5. The third-order valence-electron chi connectivity index (χ3n) is 5.50. The van der Waals surface area contributed by atoms with E-state index in [0.29, 0.717) is 11.8 Å². The number of fused-ring (bicyclic) bond motifs is 4. The summed E-state index contributed by atoms with van der Waals surface area (Å²) in [6.45, 7) is 3.89. The lowest BCUT2D eigenvalue weighted by Gasteiger charge is -2.43. The number of nitrogens with zero attached hydrogens (tertiary/aromatic N) is 4. The van der Waals surface area contributed by atoms with Gasteiger partial charge in [-0.05, 0) is 29.9 Å². The summed E-state index contributed by atoms with van der Waals surface area (Å²) in [6, 6.07) is 7.97. The molecule has 2 bridgehead atoms. The Hall–Kier alpha value is -2.31. The van der Waals surface area contributed by atoms with Gasteiger partial charge in [0.2, 0.25) is 0 Å². The molecule has 2 aliphatic heterocycles. The van der Waals surface area contributed by atoms with Crippen LogP contribution in [0.1, 0.15) is 22.9 Å². The highest BCUT2D eigenvalue weighted by Gasteiger charge is 2.36. The molecule has 3 aromatic heterocycles. The van der Waals surface area contributed by atoms with Crippen LogP contribution in [0.25, 0.3) is 11.1 Å². The predicted octanol–water partition coefficient (Wildman–Crippen LogP) is 2.99. The van der Waals surface area contributed by atoms with E-state index in [4.69, 9.17) is 0 Å². The lowest BCUT2D eigenvalue weighted by molar-refractivity contribution is 0.115. The van der Waals surface area contributed by atoms with Gasteiger partial charge in [0.25, 0.3) is 5.56 Å². The maximum Gasteiger partial charge on any atom is 0.250 e. The van der Waals surface area contributed by atoms with Crippen molar-refractivity contribution in [3.05, 3.63) is 69.3 Å². The van der Waals surface area contributed by atoms with E-state index in [1.807, 2.05) is 34.4 Å². The van der Waals surface area contributed by atoms with Gasteiger partial charge in [0.05, 0.1) is 0 Å². The smallest absolute Gasteiger partial charge is 0.250 e. The number of piperidine rings is 1. The van der Waals surface area contributed by atoms with Gasteiger partial charge in [0.15, 0.2) is 0 Å². The molecule has 2 atom stereocenters. The zero-order valence-corrected chi connectivity index (χ0v) is 15.2. The minimum Gasteiger partial charge on any atom is -0.311 e. The molecule has 5 rings (SSSR count). The first-order valence-electron chi connectivity index (χ1n) is 9.02. The molecule has 1 fully saturated rings. The van der Waals surface area contributed by atoms with Crippen molar-refractivity contribution in [2.75, 3.05) is 13.1 Å². The van der Waals surface area contributed by atoms with Crippen LogP contribution in [0, 0.1) is 5.92 Å². The molecule has 0 aliphatic carbocycles. The van der Waals surface area contributed by atoms with E-state index in [2.05, 4.69) is 32.4 Å². The van der Waals surface area contributed by atoms with Crippen molar-refractivity contribution in [3.63, 3.8) is 0 Å². The Morgan fingerprint density at radius 1 is 1.12 bits per heavy atom. The van der Waals surface area contributed by atoms with Gasteiger partial charge in [-0.15, -0.1) is 11.3 Å². The fraction of sp³-hybridized carbons (Fsp3) is 0.350. The van der Waals surface area contributed by atoms with Gasteiger partial charge < -0.3 is 4.57 Å². The molecule has 5 nitrogen and oxygen atoms in total. The molecule has 132 valence electrons. The van der Waals surface area contributed by atoms with Gasteiger partial charge in [-0.3, -0.25) is 9.69 Å². The second-order valence-electron chi connectivity index (χ2n) is 7.28. The van der Waals surface area contributed by atoms with Crippen molar-refractivity contribution in [1.82, 2.24) is 19.4 Å². The Labute approximate surface area is 156 Å². The number of aromatic nitrogens is 3. The second-order valence-corrected chi connectivity index (χ2v) is 8.31. The molecule has 1 saturated heterocycles. The number of hydrogen-bond donors (Lipinski definition) is 0. The predicted molar refractivity (Wildman–Crippen MR) is 102 cm³/mol. The van der Waals surface area contributed by atoms with Crippen LogP contribution in [0.15, 0.2) is 53.2 Å². The minimum atomic E-state index is 0.113. The summed E-state index contributed by atoms with van der Waals surface area (Å²) in [5.41, 5.74) is 3.37. The molecule has 3 aromatic rings. The highest BCUT2D eigenvalue weighted by Crippen LogP contribution is 2.40. The van der Waals surface area contributed by atoms with Crippen LogP contribution in [0.5, 0.6) is 0 Å². The summed E-state index contributed by atoms with van der Waals surface area (Å²) in [7, 11) is 0. The monoisotopic (exact) mass is 364 g/mol. The van der Waals surface area contributed by atoms with Crippen molar-refractivity contribution in [2.24, 2.45) is 5.92 Å². The van der Waals surface area contributed by atoms with Crippen LogP contribution in [0.3, 0.4) is 0 Å². The molecular weight excluding hydrogens is 344 g/mol. The highest BCUT2D eigenvalue weighted by atomic mass is 32.1. The summed E-state index contributed by atoms with van der Waals surface area (Å²) in [4.78, 5) is 24.8. The topological polar surface area (TPSA) is 51.0 Å². The molecule has 26 heavy (non-hydrogen) atoms. The van der Waals surface area contributed by atoms with Gasteiger partial charge in [-0.2, -0.15) is 0 Å². The largest absolute Gasteiger partial charge is 0.311 e. The van der Waals surface area contributed by atoms with Gasteiger partial charge in [-0.1, -0.05) is 6.07 Å². The summed E-state index contributed by atoms with van der Waals surface area (Å²) >= 11 is 1.82. The van der Waals surface area contributed by atoms with E-state index in [-0.39, 0.29) is 5.56 Å². The van der Waals surface area contributed by atoms with Crippen LogP contribution in [-0.4, -0.2) is 32.5 Å². The number of hydrogen-bond acceptors (Lipinski definition) is 5. The van der Waals surface area contributed by atoms with Crippen LogP contribution in [0.2, 0.25) is 0 Å². The molecule has 2 aliphatic rings. The number of likely N-dealkylation sites (tertiary alicyclic amines) is 1. The van der Waals surface area contributed by atoms with E-state index in [1.165, 1.54) is 10.6 Å². The number of pyridine rings is 1. The molecule has 0 spiro atoms. The third-order valence-corrected chi connectivity index (χ3v) is 6.36. The number of rotatable bonds is 3. The summed E-state index contributed by atoms with van der Waals surface area (Å²) in [5.74, 6) is 0.924. The standard InChI is InChI=1S/C20H20N4OS/c25-19-4-3-18(16-7-21-13-22-8-16)20-15-6-14(10-24(19)20)9-23(11-15)12-17-2-1-5-26-17/h1-5,7-8,13-15H,6,9-12H2/t14-,15+/m0/s1. The summed E-state index contributed by atoms with van der Waals surface area (Å²) < 4.78 is 2.00. The fourth-order valence-corrected chi connectivity index (χ4v) is 5.29. The first-order valence-corrected chi connectivity index (χ1v) is 9.90. The zero-order valence-electron chi connectivity index (χ0n) is 14.4. The van der Waals surface area contributed by atoms with Crippen molar-refractivity contribution in [3.8, 4) is 11.1 Å². The number of thiophene rings is 1. The maximum absolute atomic E-state index is 12.5. The van der Waals surface area contributed by atoms with Crippen LogP contribution in [0.4, 0.5) is 0 Å².